The van der Waals surface area contributed by atoms with Crippen LogP contribution in [0.25, 0.3) is 10.2 Å². The molecule has 3 rings (SSSR count). The summed E-state index contributed by atoms with van der Waals surface area (Å²) >= 11 is 1.78. The zero-order valence-electron chi connectivity index (χ0n) is 10.4. The van der Waals surface area contributed by atoms with Gasteiger partial charge in [0.2, 0.25) is 0 Å². The van der Waals surface area contributed by atoms with Gasteiger partial charge in [0.25, 0.3) is 0 Å². The highest BCUT2D eigenvalue weighted by Crippen LogP contribution is 2.28. The lowest BCUT2D eigenvalue weighted by molar-refractivity contribution is 0.333. The third kappa shape index (κ3) is 2.24. The van der Waals surface area contributed by atoms with Crippen LogP contribution in [0.2, 0.25) is 0 Å². The maximum absolute atomic E-state index is 4.57. The fourth-order valence-corrected chi connectivity index (χ4v) is 3.37. The summed E-state index contributed by atoms with van der Waals surface area (Å²) in [6.45, 7) is 3.45. The molecule has 1 aliphatic heterocycles. The second kappa shape index (κ2) is 4.43. The fraction of sp³-hybridized carbons (Fsp3) is 0.462. The summed E-state index contributed by atoms with van der Waals surface area (Å²) in [6.07, 6.45) is 2.57. The van der Waals surface area contributed by atoms with Gasteiger partial charge in [-0.1, -0.05) is 13.0 Å². The van der Waals surface area contributed by atoms with Crippen LogP contribution >= 0.6 is 11.3 Å². The van der Waals surface area contributed by atoms with Crippen LogP contribution in [0.15, 0.2) is 18.2 Å². The minimum absolute atomic E-state index is 0.526. The molecule has 0 amide bonds. The summed E-state index contributed by atoms with van der Waals surface area (Å²) in [6, 6.07) is 7.26. The Morgan fingerprint density at radius 2 is 2.29 bits per heavy atom. The first-order chi connectivity index (χ1) is 8.22. The third-order valence-electron chi connectivity index (χ3n) is 3.58. The molecule has 0 aliphatic carbocycles. The van der Waals surface area contributed by atoms with Gasteiger partial charge in [-0.25, -0.2) is 0 Å². The highest BCUT2D eigenvalue weighted by Gasteiger charge is 2.19. The van der Waals surface area contributed by atoms with Gasteiger partial charge >= 0.3 is 0 Å². The number of thiazole rings is 1. The Morgan fingerprint density at radius 3 is 3.06 bits per heavy atom. The Labute approximate surface area is 107 Å². The SMILES string of the molecule is Bc1nc2cc([C@H]3CC[C@H](C)CN3)ccc2s1. The molecular weight excluding hydrogens is 227 g/mol. The Hall–Kier alpha value is -0.865. The minimum atomic E-state index is 0.526. The van der Waals surface area contributed by atoms with Crippen molar-refractivity contribution in [3.8, 4) is 0 Å². The van der Waals surface area contributed by atoms with Crippen molar-refractivity contribution in [3.05, 3.63) is 23.8 Å². The molecule has 1 N–H and O–H groups in total. The number of fused-ring (bicyclic) bond motifs is 1. The molecule has 0 spiro atoms. The van der Waals surface area contributed by atoms with Crippen molar-refractivity contribution >= 4 is 34.3 Å². The van der Waals surface area contributed by atoms with Gasteiger partial charge in [0.1, 0.15) is 0 Å². The monoisotopic (exact) mass is 244 g/mol. The number of nitrogens with one attached hydrogen (secondary N) is 1. The molecule has 0 saturated carbocycles. The summed E-state index contributed by atoms with van der Waals surface area (Å²) in [5.74, 6) is 0.816. The summed E-state index contributed by atoms with van der Waals surface area (Å²) in [5.41, 5.74) is 2.56. The van der Waals surface area contributed by atoms with Crippen molar-refractivity contribution in [2.75, 3.05) is 6.54 Å². The van der Waals surface area contributed by atoms with E-state index in [-0.39, 0.29) is 0 Å². The van der Waals surface area contributed by atoms with E-state index in [1.54, 1.807) is 11.3 Å². The van der Waals surface area contributed by atoms with Gasteiger partial charge < -0.3 is 5.32 Å². The van der Waals surface area contributed by atoms with E-state index in [4.69, 9.17) is 0 Å². The molecule has 2 heterocycles. The first-order valence-corrected chi connectivity index (χ1v) is 7.14. The molecule has 2 nitrogen and oxygen atoms in total. The summed E-state index contributed by atoms with van der Waals surface area (Å²) < 4.78 is 1.30. The molecule has 1 aromatic heterocycles. The fourth-order valence-electron chi connectivity index (χ4n) is 2.56. The second-order valence-corrected chi connectivity index (χ2v) is 6.34. The van der Waals surface area contributed by atoms with Gasteiger partial charge in [0.05, 0.1) is 10.2 Å². The Balaban J connectivity index is 1.89. The Kier molecular flexibility index (Phi) is 2.93. The molecule has 17 heavy (non-hydrogen) atoms. The van der Waals surface area contributed by atoms with Gasteiger partial charge in [-0.2, -0.15) is 0 Å². The second-order valence-electron chi connectivity index (χ2n) is 5.10. The lowest BCUT2D eigenvalue weighted by atomic mass is 9.92. The van der Waals surface area contributed by atoms with Gasteiger partial charge in [-0.15, -0.1) is 11.3 Å². The Morgan fingerprint density at radius 1 is 1.41 bits per heavy atom. The van der Waals surface area contributed by atoms with Crippen LogP contribution in [-0.2, 0) is 0 Å². The zero-order chi connectivity index (χ0) is 11.8. The van der Waals surface area contributed by atoms with E-state index < -0.39 is 0 Å². The third-order valence-corrected chi connectivity index (χ3v) is 4.53. The van der Waals surface area contributed by atoms with E-state index in [0.717, 1.165) is 22.9 Å². The van der Waals surface area contributed by atoms with Gasteiger partial charge in [0.15, 0.2) is 7.85 Å². The van der Waals surface area contributed by atoms with Crippen molar-refractivity contribution in [3.63, 3.8) is 0 Å². The molecule has 1 saturated heterocycles. The molecule has 0 radical (unpaired) electrons. The van der Waals surface area contributed by atoms with Crippen LogP contribution < -0.4 is 10.2 Å². The van der Waals surface area contributed by atoms with Crippen molar-refractivity contribution < 1.29 is 0 Å². The molecule has 1 fully saturated rings. The molecular formula is C13H17BN2S. The number of benzene rings is 1. The van der Waals surface area contributed by atoms with Crippen LogP contribution in [0.5, 0.6) is 0 Å². The number of rotatable bonds is 1. The molecule has 0 bridgehead atoms. The molecule has 4 heteroatoms. The first-order valence-electron chi connectivity index (χ1n) is 6.33. The minimum Gasteiger partial charge on any atom is -0.310 e. The average molecular weight is 244 g/mol. The van der Waals surface area contributed by atoms with E-state index in [9.17, 15) is 0 Å². The molecule has 2 atom stereocenters. The van der Waals surface area contributed by atoms with Crippen LogP contribution in [0.1, 0.15) is 31.4 Å². The topological polar surface area (TPSA) is 24.9 Å². The van der Waals surface area contributed by atoms with Crippen LogP contribution in [0, 0.1) is 5.92 Å². The number of hydrogen-bond donors (Lipinski definition) is 1. The predicted octanol–water partition coefficient (Wildman–Crippen LogP) is 1.62. The first kappa shape index (κ1) is 11.2. The number of hydrogen-bond acceptors (Lipinski definition) is 3. The van der Waals surface area contributed by atoms with Crippen molar-refractivity contribution in [1.29, 1.82) is 0 Å². The van der Waals surface area contributed by atoms with E-state index in [2.05, 4.69) is 43.3 Å². The molecule has 2 aromatic rings. The number of piperidine rings is 1. The van der Waals surface area contributed by atoms with E-state index in [1.165, 1.54) is 23.1 Å². The van der Waals surface area contributed by atoms with Gasteiger partial charge in [-0.05, 0) is 43.0 Å². The largest absolute Gasteiger partial charge is 0.310 e. The highest BCUT2D eigenvalue weighted by molar-refractivity contribution is 7.25. The van der Waals surface area contributed by atoms with Crippen molar-refractivity contribution in [1.82, 2.24) is 10.3 Å². The van der Waals surface area contributed by atoms with E-state index in [1.807, 2.05) is 0 Å². The van der Waals surface area contributed by atoms with Crippen molar-refractivity contribution in [2.45, 2.75) is 25.8 Å². The average Bonchev–Trinajstić information content (AvgIpc) is 2.69. The summed E-state index contributed by atoms with van der Waals surface area (Å²) in [4.78, 5) is 5.73. The lowest BCUT2D eigenvalue weighted by Crippen LogP contribution is -2.31. The predicted molar refractivity (Wildman–Crippen MR) is 76.9 cm³/mol. The molecule has 1 aromatic carbocycles. The quantitative estimate of drug-likeness (QED) is 0.771. The lowest BCUT2D eigenvalue weighted by Gasteiger charge is -2.28. The molecule has 0 unspecified atom stereocenters. The standard InChI is InChI=1S/C13H17BN2S/c1-8-2-4-10(15-7-8)9-3-5-12-11(6-9)16-13(14)17-12/h3,5-6,8,10,15H,2,4,7,14H2,1H3/t8-,10+/m0/s1. The Bertz CT molecular complexity index is 529. The maximum atomic E-state index is 4.57. The van der Waals surface area contributed by atoms with E-state index in [0.29, 0.717) is 6.04 Å². The van der Waals surface area contributed by atoms with Gasteiger partial charge in [-0.3, -0.25) is 4.98 Å². The molecule has 88 valence electrons. The number of nitrogens with zero attached hydrogens (tertiary/aromatic N) is 1. The zero-order valence-corrected chi connectivity index (χ0v) is 11.2. The molecule has 1 aliphatic rings. The summed E-state index contributed by atoms with van der Waals surface area (Å²) in [7, 11) is 2.07. The number of aromatic nitrogens is 1. The summed E-state index contributed by atoms with van der Waals surface area (Å²) in [5, 5.41) is 3.63. The highest BCUT2D eigenvalue weighted by atomic mass is 32.1. The smallest absolute Gasteiger partial charge is 0.177 e. The van der Waals surface area contributed by atoms with Crippen LogP contribution in [0.3, 0.4) is 0 Å². The van der Waals surface area contributed by atoms with Crippen molar-refractivity contribution in [2.24, 2.45) is 5.92 Å². The van der Waals surface area contributed by atoms with Gasteiger partial charge in [0, 0.05) is 10.9 Å². The van der Waals surface area contributed by atoms with Crippen LogP contribution in [-0.4, -0.2) is 19.4 Å². The van der Waals surface area contributed by atoms with Crippen LogP contribution in [0.4, 0.5) is 0 Å². The van der Waals surface area contributed by atoms with E-state index >= 15 is 0 Å². The normalized spacial score (nSPS) is 25.2. The maximum Gasteiger partial charge on any atom is 0.177 e.